The lowest BCUT2D eigenvalue weighted by molar-refractivity contribution is -0.121. The molecule has 0 saturated carbocycles. The van der Waals surface area contributed by atoms with E-state index in [0.29, 0.717) is 6.42 Å². The predicted octanol–water partition coefficient (Wildman–Crippen LogP) is 1.14. The molecule has 0 aliphatic carbocycles. The van der Waals surface area contributed by atoms with Crippen LogP contribution in [0.4, 0.5) is 5.69 Å². The third-order valence-corrected chi connectivity index (χ3v) is 5.25. The van der Waals surface area contributed by atoms with Crippen molar-refractivity contribution in [3.8, 4) is 0 Å². The number of sulfone groups is 1. The molecule has 0 spiro atoms. The SMILES string of the molecule is CCS(=O)(=O)CCNC(=O)CC1CNc2ccccc21. The Morgan fingerprint density at radius 1 is 1.40 bits per heavy atom. The maximum Gasteiger partial charge on any atom is 0.220 e. The molecule has 1 unspecified atom stereocenters. The van der Waals surface area contributed by atoms with E-state index in [4.69, 9.17) is 0 Å². The van der Waals surface area contributed by atoms with Gasteiger partial charge in [-0.2, -0.15) is 0 Å². The van der Waals surface area contributed by atoms with Gasteiger partial charge in [0.25, 0.3) is 0 Å². The summed E-state index contributed by atoms with van der Waals surface area (Å²) in [5.41, 5.74) is 2.24. The van der Waals surface area contributed by atoms with Crippen LogP contribution < -0.4 is 10.6 Å². The van der Waals surface area contributed by atoms with Gasteiger partial charge < -0.3 is 10.6 Å². The molecule has 0 saturated heterocycles. The highest BCUT2D eigenvalue weighted by atomic mass is 32.2. The molecular weight excluding hydrogens is 276 g/mol. The lowest BCUT2D eigenvalue weighted by Crippen LogP contribution is -2.30. The maximum atomic E-state index is 11.8. The standard InChI is InChI=1S/C14H20N2O3S/c1-2-20(18,19)8-7-15-14(17)9-11-10-16-13-6-4-3-5-12(11)13/h3-6,11,16H,2,7-10H2,1H3,(H,15,17). The first kappa shape index (κ1) is 14.8. The van der Waals surface area contributed by atoms with Gasteiger partial charge in [0.15, 0.2) is 9.84 Å². The summed E-state index contributed by atoms with van der Waals surface area (Å²) in [6.45, 7) is 2.55. The van der Waals surface area contributed by atoms with Crippen LogP contribution in [0.3, 0.4) is 0 Å². The second-order valence-corrected chi connectivity index (χ2v) is 7.43. The zero-order valence-corrected chi connectivity index (χ0v) is 12.4. The number of fused-ring (bicyclic) bond motifs is 1. The average molecular weight is 296 g/mol. The van der Waals surface area contributed by atoms with Gasteiger partial charge >= 0.3 is 0 Å². The smallest absolute Gasteiger partial charge is 0.220 e. The second kappa shape index (κ2) is 6.26. The van der Waals surface area contributed by atoms with Crippen molar-refractivity contribution in [2.24, 2.45) is 0 Å². The van der Waals surface area contributed by atoms with Crippen molar-refractivity contribution >= 4 is 21.4 Å². The van der Waals surface area contributed by atoms with Crippen molar-refractivity contribution in [2.75, 3.05) is 29.9 Å². The minimum absolute atomic E-state index is 0.00867. The number of hydrogen-bond acceptors (Lipinski definition) is 4. The molecule has 0 bridgehead atoms. The largest absolute Gasteiger partial charge is 0.384 e. The van der Waals surface area contributed by atoms with E-state index in [9.17, 15) is 13.2 Å². The summed E-state index contributed by atoms with van der Waals surface area (Å²) in [6, 6.07) is 7.95. The van der Waals surface area contributed by atoms with Crippen molar-refractivity contribution in [1.82, 2.24) is 5.32 Å². The van der Waals surface area contributed by atoms with E-state index in [1.807, 2.05) is 24.3 Å². The monoisotopic (exact) mass is 296 g/mol. The number of carbonyl (C=O) groups is 1. The molecule has 1 aliphatic rings. The molecule has 5 nitrogen and oxygen atoms in total. The zero-order valence-electron chi connectivity index (χ0n) is 11.6. The third-order valence-electron chi connectivity index (χ3n) is 3.55. The first-order valence-electron chi connectivity index (χ1n) is 6.82. The van der Waals surface area contributed by atoms with Crippen molar-refractivity contribution in [2.45, 2.75) is 19.3 Å². The molecule has 1 amide bonds. The Morgan fingerprint density at radius 2 is 2.15 bits per heavy atom. The minimum atomic E-state index is -3.02. The molecule has 0 aromatic heterocycles. The second-order valence-electron chi connectivity index (χ2n) is 4.96. The van der Waals surface area contributed by atoms with Crippen LogP contribution in [-0.4, -0.2) is 38.9 Å². The Morgan fingerprint density at radius 3 is 2.90 bits per heavy atom. The normalized spacial score (nSPS) is 17.4. The maximum absolute atomic E-state index is 11.8. The molecule has 110 valence electrons. The van der Waals surface area contributed by atoms with E-state index in [1.165, 1.54) is 0 Å². The van der Waals surface area contributed by atoms with E-state index in [0.717, 1.165) is 17.8 Å². The van der Waals surface area contributed by atoms with Gasteiger partial charge in [-0.3, -0.25) is 4.79 Å². The number of carbonyl (C=O) groups excluding carboxylic acids is 1. The summed E-state index contributed by atoms with van der Waals surface area (Å²) in [4.78, 5) is 11.8. The summed E-state index contributed by atoms with van der Waals surface area (Å²) in [7, 11) is -3.02. The van der Waals surface area contributed by atoms with Crippen LogP contribution in [0.2, 0.25) is 0 Å². The van der Waals surface area contributed by atoms with Crippen LogP contribution >= 0.6 is 0 Å². The Bertz CT molecular complexity index is 584. The summed E-state index contributed by atoms with van der Waals surface area (Å²) in [5.74, 6) is 0.186. The zero-order chi connectivity index (χ0) is 14.6. The van der Waals surface area contributed by atoms with Crippen LogP contribution in [0.15, 0.2) is 24.3 Å². The number of anilines is 1. The molecule has 2 N–H and O–H groups in total. The number of para-hydroxylation sites is 1. The highest BCUT2D eigenvalue weighted by molar-refractivity contribution is 7.91. The van der Waals surface area contributed by atoms with Gasteiger partial charge in [-0.25, -0.2) is 8.42 Å². The number of hydrogen-bond donors (Lipinski definition) is 2. The fraction of sp³-hybridized carbons (Fsp3) is 0.500. The molecule has 20 heavy (non-hydrogen) atoms. The number of benzene rings is 1. The van der Waals surface area contributed by atoms with Crippen molar-refractivity contribution in [1.29, 1.82) is 0 Å². The van der Waals surface area contributed by atoms with Crippen molar-refractivity contribution in [3.63, 3.8) is 0 Å². The third kappa shape index (κ3) is 3.72. The van der Waals surface area contributed by atoms with Crippen LogP contribution in [-0.2, 0) is 14.6 Å². The lowest BCUT2D eigenvalue weighted by Gasteiger charge is -2.10. The van der Waals surface area contributed by atoms with E-state index in [1.54, 1.807) is 6.92 Å². The minimum Gasteiger partial charge on any atom is -0.384 e. The van der Waals surface area contributed by atoms with Gasteiger partial charge in [0.2, 0.25) is 5.91 Å². The Kier molecular flexibility index (Phi) is 4.65. The number of rotatable bonds is 6. The Hall–Kier alpha value is -1.56. The van der Waals surface area contributed by atoms with Crippen molar-refractivity contribution in [3.05, 3.63) is 29.8 Å². The summed E-state index contributed by atoms with van der Waals surface area (Å²) < 4.78 is 22.7. The Labute approximate surface area is 119 Å². The van der Waals surface area contributed by atoms with Gasteiger partial charge in [-0.1, -0.05) is 25.1 Å². The molecule has 2 rings (SSSR count). The molecule has 1 aromatic rings. The van der Waals surface area contributed by atoms with Crippen LogP contribution in [0.25, 0.3) is 0 Å². The molecule has 1 atom stereocenters. The van der Waals surface area contributed by atoms with E-state index >= 15 is 0 Å². The average Bonchev–Trinajstić information content (AvgIpc) is 2.82. The molecule has 1 aromatic carbocycles. The summed E-state index contributed by atoms with van der Waals surface area (Å²) in [6.07, 6.45) is 0.385. The predicted molar refractivity (Wildman–Crippen MR) is 79.6 cm³/mol. The van der Waals surface area contributed by atoms with E-state index < -0.39 is 9.84 Å². The quantitative estimate of drug-likeness (QED) is 0.825. The first-order chi connectivity index (χ1) is 9.52. The molecule has 1 heterocycles. The molecule has 0 fully saturated rings. The number of amides is 1. The van der Waals surface area contributed by atoms with Gasteiger partial charge in [0, 0.05) is 36.9 Å². The molecular formula is C14H20N2O3S. The molecule has 1 aliphatic heterocycles. The highest BCUT2D eigenvalue weighted by Crippen LogP contribution is 2.32. The lowest BCUT2D eigenvalue weighted by atomic mass is 9.98. The fourth-order valence-electron chi connectivity index (χ4n) is 2.33. The molecule has 6 heteroatoms. The van der Waals surface area contributed by atoms with Crippen LogP contribution in [0, 0.1) is 0 Å². The van der Waals surface area contributed by atoms with Gasteiger partial charge in [0.05, 0.1) is 5.75 Å². The van der Waals surface area contributed by atoms with Crippen LogP contribution in [0.1, 0.15) is 24.8 Å². The van der Waals surface area contributed by atoms with E-state index in [-0.39, 0.29) is 29.9 Å². The highest BCUT2D eigenvalue weighted by Gasteiger charge is 2.23. The fourth-order valence-corrected chi connectivity index (χ4v) is 3.03. The summed E-state index contributed by atoms with van der Waals surface area (Å²) in [5, 5.41) is 5.95. The van der Waals surface area contributed by atoms with Crippen molar-refractivity contribution < 1.29 is 13.2 Å². The van der Waals surface area contributed by atoms with Crippen LogP contribution in [0.5, 0.6) is 0 Å². The van der Waals surface area contributed by atoms with Gasteiger partial charge in [-0.15, -0.1) is 0 Å². The number of nitrogens with one attached hydrogen (secondary N) is 2. The summed E-state index contributed by atoms with van der Waals surface area (Å²) >= 11 is 0. The Balaban J connectivity index is 1.82. The molecule has 0 radical (unpaired) electrons. The van der Waals surface area contributed by atoms with Gasteiger partial charge in [0.1, 0.15) is 0 Å². The van der Waals surface area contributed by atoms with Gasteiger partial charge in [-0.05, 0) is 11.6 Å². The topological polar surface area (TPSA) is 75.3 Å². The first-order valence-corrected chi connectivity index (χ1v) is 8.64. The van der Waals surface area contributed by atoms with E-state index in [2.05, 4.69) is 10.6 Å².